The van der Waals surface area contributed by atoms with E-state index >= 15 is 0 Å². The predicted octanol–water partition coefficient (Wildman–Crippen LogP) is 2.61. The van der Waals surface area contributed by atoms with Crippen LogP contribution < -0.4 is 5.73 Å². The number of benzene rings is 2. The van der Waals surface area contributed by atoms with Crippen molar-refractivity contribution in [3.63, 3.8) is 0 Å². The molecule has 0 aromatic heterocycles. The smallest absolute Gasteiger partial charge is 0.248 e. The Labute approximate surface area is 208 Å². The largest absolute Gasteiger partial charge is 0.366 e. The second-order valence-corrected chi connectivity index (χ2v) is 12.1. The van der Waals surface area contributed by atoms with Gasteiger partial charge >= 0.3 is 0 Å². The van der Waals surface area contributed by atoms with Crippen LogP contribution in [0.4, 0.5) is 0 Å². The van der Waals surface area contributed by atoms with Crippen molar-refractivity contribution in [2.45, 2.75) is 50.1 Å². The number of rotatable bonds is 10. The molecule has 0 saturated carbocycles. The van der Waals surface area contributed by atoms with Crippen molar-refractivity contribution in [2.24, 2.45) is 5.73 Å². The van der Waals surface area contributed by atoms with Crippen LogP contribution in [-0.4, -0.2) is 73.8 Å². The Morgan fingerprint density at radius 2 is 1.69 bits per heavy atom. The van der Waals surface area contributed by atoms with Crippen molar-refractivity contribution < 1.29 is 18.0 Å². The summed E-state index contributed by atoms with van der Waals surface area (Å²) in [5.41, 5.74) is 8.33. The van der Waals surface area contributed by atoms with E-state index in [2.05, 4.69) is 11.0 Å². The quantitative estimate of drug-likeness (QED) is 0.544. The number of nitrogens with zero attached hydrogens (tertiary/aromatic N) is 2. The molecule has 0 radical (unpaired) electrons. The highest BCUT2D eigenvalue weighted by Gasteiger charge is 2.41. The van der Waals surface area contributed by atoms with Gasteiger partial charge in [0.05, 0.1) is 0 Å². The van der Waals surface area contributed by atoms with E-state index in [0.717, 1.165) is 44.0 Å². The molecule has 2 aromatic carbocycles. The molecule has 0 aliphatic carbocycles. The first kappa shape index (κ1) is 25.4. The molecule has 2 amide bonds. The summed E-state index contributed by atoms with van der Waals surface area (Å²) in [6, 6.07) is 18.5. The minimum absolute atomic E-state index is 0.325. The Bertz CT molecular complexity index is 1140. The van der Waals surface area contributed by atoms with Gasteiger partial charge in [0.25, 0.3) is 0 Å². The van der Waals surface area contributed by atoms with Crippen LogP contribution in [-0.2, 0) is 21.1 Å². The number of primary amides is 1. The summed E-state index contributed by atoms with van der Waals surface area (Å²) in [7, 11) is -3.39. The van der Waals surface area contributed by atoms with Crippen LogP contribution in [0.1, 0.15) is 53.1 Å². The Morgan fingerprint density at radius 1 is 1.00 bits per heavy atom. The first-order chi connectivity index (χ1) is 16.7. The highest BCUT2D eigenvalue weighted by Crippen LogP contribution is 2.43. The number of carbonyl (C=O) groups excluding carboxylic acids is 2. The van der Waals surface area contributed by atoms with Gasteiger partial charge in [0.2, 0.25) is 11.8 Å². The van der Waals surface area contributed by atoms with E-state index in [4.69, 9.17) is 5.73 Å². The number of hydrogen-bond acceptors (Lipinski definition) is 5. The summed E-state index contributed by atoms with van der Waals surface area (Å²) in [4.78, 5) is 28.7. The number of fused-ring (bicyclic) bond motifs is 2. The van der Waals surface area contributed by atoms with Gasteiger partial charge in [0, 0.05) is 43.5 Å². The first-order valence-electron chi connectivity index (χ1n) is 12.3. The molecule has 0 spiro atoms. The molecule has 0 unspecified atom stereocenters. The number of piperidine rings is 1. The number of nitrogens with two attached hydrogens (primary N) is 1. The van der Waals surface area contributed by atoms with E-state index < -0.39 is 21.5 Å². The summed E-state index contributed by atoms with van der Waals surface area (Å²) in [6.45, 7) is 1.77. The lowest BCUT2D eigenvalue weighted by molar-refractivity contribution is -0.128. The topological polar surface area (TPSA) is 101 Å². The lowest BCUT2D eigenvalue weighted by atomic mass is 9.84. The van der Waals surface area contributed by atoms with E-state index in [-0.39, 0.29) is 5.91 Å². The maximum absolute atomic E-state index is 12.8. The van der Waals surface area contributed by atoms with Crippen molar-refractivity contribution >= 4 is 21.7 Å². The summed E-state index contributed by atoms with van der Waals surface area (Å²) in [5.74, 6) is -0.785. The molecule has 4 rings (SSSR count). The molecule has 2 saturated heterocycles. The third-order valence-corrected chi connectivity index (χ3v) is 8.18. The number of hydrogen-bond donors (Lipinski definition) is 1. The average molecular weight is 498 g/mol. The van der Waals surface area contributed by atoms with E-state index in [0.29, 0.717) is 43.1 Å². The zero-order chi connectivity index (χ0) is 25.0. The van der Waals surface area contributed by atoms with E-state index in [9.17, 15) is 18.0 Å². The Balaban J connectivity index is 1.40. The zero-order valence-electron chi connectivity index (χ0n) is 20.3. The fraction of sp³-hybridized carbons (Fsp3) is 0.481. The summed E-state index contributed by atoms with van der Waals surface area (Å²) >= 11 is 0. The molecule has 7 nitrogen and oxygen atoms in total. The van der Waals surface area contributed by atoms with Crippen LogP contribution >= 0.6 is 0 Å². The van der Waals surface area contributed by atoms with Crippen molar-refractivity contribution in [3.05, 3.63) is 71.3 Å². The summed E-state index contributed by atoms with van der Waals surface area (Å²) < 4.78 is 23.6. The molecule has 2 aromatic rings. The molecule has 35 heavy (non-hydrogen) atoms. The van der Waals surface area contributed by atoms with Crippen molar-refractivity contribution in [1.29, 1.82) is 0 Å². The highest BCUT2D eigenvalue weighted by molar-refractivity contribution is 7.91. The number of amides is 2. The van der Waals surface area contributed by atoms with Crippen LogP contribution in [0.15, 0.2) is 54.6 Å². The van der Waals surface area contributed by atoms with Gasteiger partial charge < -0.3 is 10.6 Å². The van der Waals surface area contributed by atoms with Crippen LogP contribution in [0.2, 0.25) is 0 Å². The summed E-state index contributed by atoms with van der Waals surface area (Å²) in [6.07, 6.45) is 6.08. The Kier molecular flexibility index (Phi) is 7.91. The minimum Gasteiger partial charge on any atom is -0.366 e. The Hall–Kier alpha value is -2.71. The molecule has 2 bridgehead atoms. The van der Waals surface area contributed by atoms with Gasteiger partial charge in [-0.2, -0.15) is 0 Å². The molecular formula is C27H35N3O4S. The van der Waals surface area contributed by atoms with Gasteiger partial charge in [-0.25, -0.2) is 8.42 Å². The van der Waals surface area contributed by atoms with E-state index in [1.165, 1.54) is 5.56 Å². The number of carbonyl (C=O) groups is 2. The molecule has 2 aliphatic rings. The van der Waals surface area contributed by atoms with Gasteiger partial charge in [0.1, 0.15) is 5.75 Å². The van der Waals surface area contributed by atoms with Crippen LogP contribution in [0.5, 0.6) is 0 Å². The first-order valence-corrected chi connectivity index (χ1v) is 14.4. The Morgan fingerprint density at radius 3 is 2.31 bits per heavy atom. The molecule has 188 valence electrons. The minimum atomic E-state index is -3.39. The van der Waals surface area contributed by atoms with Crippen LogP contribution in [0.25, 0.3) is 0 Å². The molecule has 3 atom stereocenters. The van der Waals surface area contributed by atoms with E-state index in [1.807, 2.05) is 42.5 Å². The van der Waals surface area contributed by atoms with Gasteiger partial charge in [-0.15, -0.1) is 0 Å². The monoisotopic (exact) mass is 497 g/mol. The van der Waals surface area contributed by atoms with Gasteiger partial charge in [-0.05, 0) is 61.3 Å². The second-order valence-electron chi connectivity index (χ2n) is 9.97. The molecule has 2 fully saturated rings. The van der Waals surface area contributed by atoms with Gasteiger partial charge in [-0.1, -0.05) is 42.5 Å². The molecule has 2 N–H and O–H groups in total. The van der Waals surface area contributed by atoms with Crippen LogP contribution in [0, 0.1) is 0 Å². The fourth-order valence-corrected chi connectivity index (χ4v) is 6.31. The highest BCUT2D eigenvalue weighted by atomic mass is 32.2. The van der Waals surface area contributed by atoms with Crippen molar-refractivity contribution in [3.8, 4) is 0 Å². The SMILES string of the molecule is CS(=O)(=O)CC(=O)N(CCc1ccccc1)CCN1[C@@H]2CC[C@H]1C[C@@H](c1cccc(C(N)=O)c1)C2. The van der Waals surface area contributed by atoms with Crippen molar-refractivity contribution in [1.82, 2.24) is 9.80 Å². The van der Waals surface area contributed by atoms with Gasteiger partial charge in [0.15, 0.2) is 9.84 Å². The molecule has 2 aliphatic heterocycles. The van der Waals surface area contributed by atoms with Gasteiger partial charge in [-0.3, -0.25) is 14.5 Å². The maximum atomic E-state index is 12.8. The molecular weight excluding hydrogens is 462 g/mol. The summed E-state index contributed by atoms with van der Waals surface area (Å²) in [5, 5.41) is 0. The van der Waals surface area contributed by atoms with E-state index in [1.54, 1.807) is 11.0 Å². The predicted molar refractivity (Wildman–Crippen MR) is 137 cm³/mol. The lowest BCUT2D eigenvalue weighted by Gasteiger charge is -2.40. The molecule has 8 heteroatoms. The standard InChI is InChI=1S/C27H35N3O4S/c1-35(33,34)19-26(31)29(13-12-20-6-3-2-4-7-20)14-15-30-24-10-11-25(30)18-23(17-24)21-8-5-9-22(16-21)27(28)32/h2-9,16,23-25H,10-15,17-19H2,1H3,(H2,28,32)/t23-,24+,25-. The second kappa shape index (κ2) is 10.9. The maximum Gasteiger partial charge on any atom is 0.248 e. The molecule has 2 heterocycles. The third kappa shape index (κ3) is 6.70. The van der Waals surface area contributed by atoms with Crippen molar-refractivity contribution in [2.75, 3.05) is 31.6 Å². The zero-order valence-corrected chi connectivity index (χ0v) is 21.1. The van der Waals surface area contributed by atoms with Crippen LogP contribution in [0.3, 0.4) is 0 Å². The normalized spacial score (nSPS) is 22.1. The lowest BCUT2D eigenvalue weighted by Crippen LogP contribution is -2.48. The average Bonchev–Trinajstić information content (AvgIpc) is 3.05. The number of sulfone groups is 1. The fourth-order valence-electron chi connectivity index (χ4n) is 5.68. The third-order valence-electron chi connectivity index (χ3n) is 7.41.